The van der Waals surface area contributed by atoms with E-state index in [2.05, 4.69) is 35.3 Å². The highest BCUT2D eigenvalue weighted by Crippen LogP contribution is 2.28. The molecule has 0 bridgehead atoms. The maximum atomic E-state index is 11.8. The quantitative estimate of drug-likeness (QED) is 0.674. The Morgan fingerprint density at radius 2 is 2.32 bits per heavy atom. The average Bonchev–Trinajstić information content (AvgIpc) is 2.35. The first kappa shape index (κ1) is 14.6. The molecule has 1 aromatic heterocycles. The average molecular weight is 351 g/mol. The summed E-state index contributed by atoms with van der Waals surface area (Å²) in [6, 6.07) is 0.305. The molecule has 9 heteroatoms. The van der Waals surface area contributed by atoms with Gasteiger partial charge in [-0.15, -0.1) is 0 Å². The number of anilines is 1. The molecule has 1 aliphatic carbocycles. The van der Waals surface area contributed by atoms with Gasteiger partial charge in [0.25, 0.3) is 0 Å². The Morgan fingerprint density at radius 3 is 2.95 bits per heavy atom. The molecule has 7 nitrogen and oxygen atoms in total. The Bertz CT molecular complexity index is 458. The number of nitrogens with one attached hydrogen (secondary N) is 2. The Kier molecular flexibility index (Phi) is 5.49. The lowest BCUT2D eigenvalue weighted by molar-refractivity contribution is 0.196. The topological polar surface area (TPSA) is 96.4 Å². The molecule has 1 fully saturated rings. The lowest BCUT2D eigenvalue weighted by Gasteiger charge is -2.25. The SMILES string of the molecule is O=S(Nc1ncnc(OCCO)c1Br)NC1CCC1. The maximum Gasteiger partial charge on any atom is 0.233 e. The molecule has 1 aliphatic rings. The van der Waals surface area contributed by atoms with Crippen LogP contribution in [-0.4, -0.2) is 38.5 Å². The van der Waals surface area contributed by atoms with Crippen LogP contribution >= 0.6 is 15.9 Å². The summed E-state index contributed by atoms with van der Waals surface area (Å²) in [5.74, 6) is 0.681. The van der Waals surface area contributed by atoms with Crippen LogP contribution in [0, 0.1) is 0 Å². The number of aliphatic hydroxyl groups is 1. The predicted molar refractivity (Wildman–Crippen MR) is 74.9 cm³/mol. The van der Waals surface area contributed by atoms with Gasteiger partial charge in [-0.1, -0.05) is 6.42 Å². The van der Waals surface area contributed by atoms with E-state index in [9.17, 15) is 4.21 Å². The fraction of sp³-hybridized carbons (Fsp3) is 0.600. The van der Waals surface area contributed by atoms with Gasteiger partial charge in [0, 0.05) is 6.04 Å². The summed E-state index contributed by atoms with van der Waals surface area (Å²) in [4.78, 5) is 7.91. The molecule has 1 saturated carbocycles. The van der Waals surface area contributed by atoms with Crippen molar-refractivity contribution in [2.45, 2.75) is 25.3 Å². The molecule has 0 aliphatic heterocycles. The van der Waals surface area contributed by atoms with E-state index in [4.69, 9.17) is 9.84 Å². The molecule has 0 saturated heterocycles. The van der Waals surface area contributed by atoms with Crippen LogP contribution in [0.2, 0.25) is 0 Å². The van der Waals surface area contributed by atoms with Crippen LogP contribution in [0.3, 0.4) is 0 Å². The Morgan fingerprint density at radius 1 is 1.53 bits per heavy atom. The predicted octanol–water partition coefficient (Wildman–Crippen LogP) is 0.743. The molecule has 3 N–H and O–H groups in total. The van der Waals surface area contributed by atoms with Crippen molar-refractivity contribution in [2.75, 3.05) is 17.9 Å². The Labute approximate surface area is 122 Å². The second-order valence-corrected chi connectivity index (χ2v) is 5.80. The minimum absolute atomic E-state index is 0.103. The standard InChI is InChI=1S/C10H15BrN4O3S/c11-8-9(12-6-13-10(8)18-5-4-16)15-19(17)14-7-2-1-3-7/h6-7,14,16H,1-5H2,(H,12,13,15). The summed E-state index contributed by atoms with van der Waals surface area (Å²) in [6.07, 6.45) is 4.57. The fourth-order valence-electron chi connectivity index (χ4n) is 1.46. The molecule has 0 radical (unpaired) electrons. The molecule has 1 atom stereocenters. The summed E-state index contributed by atoms with van der Waals surface area (Å²) in [5.41, 5.74) is 0. The number of ether oxygens (including phenoxy) is 1. The minimum atomic E-state index is -1.40. The van der Waals surface area contributed by atoms with Gasteiger partial charge >= 0.3 is 0 Å². The van der Waals surface area contributed by atoms with Gasteiger partial charge in [0.15, 0.2) is 17.0 Å². The van der Waals surface area contributed by atoms with Gasteiger partial charge in [0.05, 0.1) is 6.61 Å². The van der Waals surface area contributed by atoms with E-state index in [1.165, 1.54) is 12.7 Å². The van der Waals surface area contributed by atoms with Crippen molar-refractivity contribution >= 4 is 32.9 Å². The summed E-state index contributed by atoms with van der Waals surface area (Å²) in [7, 11) is 0. The molecular weight excluding hydrogens is 336 g/mol. The molecule has 0 amide bonds. The Balaban J connectivity index is 1.96. The molecule has 1 aromatic rings. The Hall–Kier alpha value is -0.770. The van der Waals surface area contributed by atoms with E-state index in [-0.39, 0.29) is 13.2 Å². The van der Waals surface area contributed by atoms with Gasteiger partial charge in [0.2, 0.25) is 5.88 Å². The first-order valence-corrected chi connectivity index (χ1v) is 7.83. The van der Waals surface area contributed by atoms with Gasteiger partial charge in [-0.3, -0.25) is 4.72 Å². The zero-order valence-corrected chi connectivity index (χ0v) is 12.5. The third-order valence-corrected chi connectivity index (χ3v) is 4.30. The zero-order valence-electron chi connectivity index (χ0n) is 10.1. The summed E-state index contributed by atoms with van der Waals surface area (Å²) < 4.78 is 23.2. The first-order valence-electron chi connectivity index (χ1n) is 5.89. The number of rotatable bonds is 7. The van der Waals surface area contributed by atoms with E-state index in [1.807, 2.05) is 0 Å². The molecule has 0 aromatic carbocycles. The lowest BCUT2D eigenvalue weighted by atomic mass is 9.94. The second kappa shape index (κ2) is 7.13. The molecule has 2 rings (SSSR count). The highest BCUT2D eigenvalue weighted by Gasteiger charge is 2.20. The summed E-state index contributed by atoms with van der Waals surface area (Å²) in [5, 5.41) is 8.71. The van der Waals surface area contributed by atoms with Crippen LogP contribution in [0.15, 0.2) is 10.8 Å². The number of aliphatic hydroxyl groups excluding tert-OH is 1. The number of aromatic nitrogens is 2. The molecule has 1 unspecified atom stereocenters. The van der Waals surface area contributed by atoms with Crippen molar-refractivity contribution in [1.29, 1.82) is 0 Å². The summed E-state index contributed by atoms with van der Waals surface area (Å²) >= 11 is 1.88. The van der Waals surface area contributed by atoms with Crippen molar-refractivity contribution in [2.24, 2.45) is 0 Å². The van der Waals surface area contributed by atoms with E-state index < -0.39 is 11.2 Å². The van der Waals surface area contributed by atoms with E-state index in [1.54, 1.807) is 0 Å². The number of nitrogens with zero attached hydrogens (tertiary/aromatic N) is 2. The van der Waals surface area contributed by atoms with Gasteiger partial charge in [-0.25, -0.2) is 18.9 Å². The number of hydrogen-bond donors (Lipinski definition) is 3. The molecule has 106 valence electrons. The smallest absolute Gasteiger partial charge is 0.233 e. The fourth-order valence-corrected chi connectivity index (χ4v) is 2.94. The third kappa shape index (κ3) is 4.10. The minimum Gasteiger partial charge on any atom is -0.474 e. The van der Waals surface area contributed by atoms with Crippen LogP contribution in [0.5, 0.6) is 5.88 Å². The van der Waals surface area contributed by atoms with Gasteiger partial charge in [-0.05, 0) is 28.8 Å². The van der Waals surface area contributed by atoms with E-state index in [0.717, 1.165) is 12.8 Å². The number of halogens is 1. The molecular formula is C10H15BrN4O3S. The first-order chi connectivity index (χ1) is 9.20. The maximum absolute atomic E-state index is 11.8. The van der Waals surface area contributed by atoms with Gasteiger partial charge in [0.1, 0.15) is 17.4 Å². The molecule has 0 spiro atoms. The molecule has 19 heavy (non-hydrogen) atoms. The monoisotopic (exact) mass is 350 g/mol. The number of hydrogen-bond acceptors (Lipinski definition) is 5. The van der Waals surface area contributed by atoms with Crippen LogP contribution < -0.4 is 14.2 Å². The van der Waals surface area contributed by atoms with Crippen molar-refractivity contribution in [3.05, 3.63) is 10.8 Å². The largest absolute Gasteiger partial charge is 0.474 e. The van der Waals surface area contributed by atoms with Crippen LogP contribution in [0.1, 0.15) is 19.3 Å². The normalized spacial score (nSPS) is 16.7. The van der Waals surface area contributed by atoms with Crippen LogP contribution in [0.25, 0.3) is 0 Å². The van der Waals surface area contributed by atoms with Crippen molar-refractivity contribution in [1.82, 2.24) is 14.7 Å². The van der Waals surface area contributed by atoms with Crippen molar-refractivity contribution in [3.8, 4) is 5.88 Å². The lowest BCUT2D eigenvalue weighted by Crippen LogP contribution is -2.38. The summed E-state index contributed by atoms with van der Waals surface area (Å²) in [6.45, 7) is 0.0346. The van der Waals surface area contributed by atoms with Crippen molar-refractivity contribution in [3.63, 3.8) is 0 Å². The second-order valence-electron chi connectivity index (χ2n) is 4.03. The van der Waals surface area contributed by atoms with Crippen molar-refractivity contribution < 1.29 is 14.1 Å². The third-order valence-electron chi connectivity index (χ3n) is 2.66. The van der Waals surface area contributed by atoms with E-state index in [0.29, 0.717) is 22.2 Å². The van der Waals surface area contributed by atoms with Crippen LogP contribution in [-0.2, 0) is 11.2 Å². The van der Waals surface area contributed by atoms with Gasteiger partial charge < -0.3 is 9.84 Å². The highest BCUT2D eigenvalue weighted by atomic mass is 79.9. The zero-order chi connectivity index (χ0) is 13.7. The van der Waals surface area contributed by atoms with Gasteiger partial charge in [-0.2, -0.15) is 0 Å². The molecule has 1 heterocycles. The van der Waals surface area contributed by atoms with Crippen LogP contribution in [0.4, 0.5) is 5.82 Å². The van der Waals surface area contributed by atoms with E-state index >= 15 is 0 Å². The highest BCUT2D eigenvalue weighted by molar-refractivity contribution is 9.10.